The highest BCUT2D eigenvalue weighted by Crippen LogP contribution is 2.31. The number of thioether (sulfide) groups is 1. The highest BCUT2D eigenvalue weighted by Gasteiger charge is 2.30. The van der Waals surface area contributed by atoms with Gasteiger partial charge in [0.2, 0.25) is 5.91 Å². The second kappa shape index (κ2) is 12.1. The second-order valence-corrected chi connectivity index (χ2v) is 9.66. The molecular weight excluding hydrogens is 503 g/mol. The number of aryl methyl sites for hydroxylation is 1. The monoisotopic (exact) mass is 531 g/mol. The molecule has 0 aliphatic rings. The third kappa shape index (κ3) is 7.45. The Labute approximate surface area is 217 Å². The molecule has 0 aliphatic heterocycles. The van der Waals surface area contributed by atoms with E-state index in [0.717, 1.165) is 29.5 Å². The largest absolute Gasteiger partial charge is 0.416 e. The molecule has 0 aliphatic carbocycles. The van der Waals surface area contributed by atoms with Gasteiger partial charge in [0.15, 0.2) is 11.0 Å². The number of halogens is 3. The summed E-state index contributed by atoms with van der Waals surface area (Å²) in [6.07, 6.45) is -2.85. The summed E-state index contributed by atoms with van der Waals surface area (Å²) in [6, 6.07) is 11.2. The van der Waals surface area contributed by atoms with Crippen molar-refractivity contribution < 1.29 is 22.8 Å². The van der Waals surface area contributed by atoms with Crippen LogP contribution in [0.15, 0.2) is 66.3 Å². The van der Waals surface area contributed by atoms with E-state index in [2.05, 4.69) is 27.4 Å². The average molecular weight is 532 g/mol. The zero-order valence-corrected chi connectivity index (χ0v) is 21.5. The molecule has 37 heavy (non-hydrogen) atoms. The van der Waals surface area contributed by atoms with Crippen LogP contribution in [0.1, 0.15) is 47.2 Å². The van der Waals surface area contributed by atoms with Crippen molar-refractivity contribution in [2.45, 2.75) is 44.7 Å². The van der Waals surface area contributed by atoms with Crippen molar-refractivity contribution in [1.29, 1.82) is 0 Å². The van der Waals surface area contributed by atoms with Crippen molar-refractivity contribution in [1.82, 2.24) is 20.1 Å². The molecule has 2 aromatic carbocycles. The van der Waals surface area contributed by atoms with Gasteiger partial charge in [-0.3, -0.25) is 9.59 Å². The number of hydrogen-bond donors (Lipinski definition) is 2. The molecule has 0 saturated carbocycles. The summed E-state index contributed by atoms with van der Waals surface area (Å²) in [7, 11) is 0. The Bertz CT molecular complexity index is 1270. The van der Waals surface area contributed by atoms with Crippen LogP contribution in [-0.4, -0.2) is 32.3 Å². The van der Waals surface area contributed by atoms with Crippen molar-refractivity contribution in [2.75, 3.05) is 11.1 Å². The van der Waals surface area contributed by atoms with Crippen molar-refractivity contribution in [3.8, 4) is 0 Å². The van der Waals surface area contributed by atoms with Crippen LogP contribution in [0.25, 0.3) is 0 Å². The molecule has 1 heterocycles. The van der Waals surface area contributed by atoms with Gasteiger partial charge in [0.05, 0.1) is 17.4 Å². The van der Waals surface area contributed by atoms with Gasteiger partial charge in [-0.05, 0) is 43.2 Å². The van der Waals surface area contributed by atoms with E-state index in [1.807, 2.05) is 32.9 Å². The lowest BCUT2D eigenvalue weighted by molar-refractivity contribution is -0.137. The molecule has 0 fully saturated rings. The van der Waals surface area contributed by atoms with Crippen LogP contribution in [0.2, 0.25) is 0 Å². The van der Waals surface area contributed by atoms with Crippen molar-refractivity contribution in [2.24, 2.45) is 5.92 Å². The summed E-state index contributed by atoms with van der Waals surface area (Å²) in [6.45, 7) is 9.91. The van der Waals surface area contributed by atoms with Gasteiger partial charge in [0.25, 0.3) is 5.91 Å². The van der Waals surface area contributed by atoms with Crippen LogP contribution in [0, 0.1) is 12.8 Å². The Morgan fingerprint density at radius 3 is 2.51 bits per heavy atom. The fraction of sp³-hybridized carbons (Fsp3) is 0.308. The summed E-state index contributed by atoms with van der Waals surface area (Å²) in [5.41, 5.74) is 0.695. The smallest absolute Gasteiger partial charge is 0.342 e. The number of carbonyl (C=O) groups excluding carboxylic acids is 2. The van der Waals surface area contributed by atoms with Gasteiger partial charge in [0.1, 0.15) is 0 Å². The van der Waals surface area contributed by atoms with E-state index in [9.17, 15) is 22.8 Å². The molecule has 7 nitrogen and oxygen atoms in total. The predicted octanol–water partition coefficient (Wildman–Crippen LogP) is 5.65. The van der Waals surface area contributed by atoms with E-state index in [1.165, 1.54) is 12.1 Å². The molecule has 0 unspecified atom stereocenters. The normalized spacial score (nSPS) is 12.3. The predicted molar refractivity (Wildman–Crippen MR) is 137 cm³/mol. The quantitative estimate of drug-likeness (QED) is 0.261. The summed E-state index contributed by atoms with van der Waals surface area (Å²) >= 11 is 1.09. The van der Waals surface area contributed by atoms with E-state index >= 15 is 0 Å². The zero-order valence-electron chi connectivity index (χ0n) is 20.7. The van der Waals surface area contributed by atoms with Crippen LogP contribution in [0.3, 0.4) is 0 Å². The maximum Gasteiger partial charge on any atom is 0.416 e. The molecule has 2 N–H and O–H groups in total. The first kappa shape index (κ1) is 28.0. The third-order valence-electron chi connectivity index (χ3n) is 5.37. The lowest BCUT2D eigenvalue weighted by Gasteiger charge is -2.22. The maximum absolute atomic E-state index is 12.9. The lowest BCUT2D eigenvalue weighted by atomic mass is 10.0. The molecule has 1 atom stereocenters. The minimum Gasteiger partial charge on any atom is -0.342 e. The molecular formula is C26H28F3N5O2S. The van der Waals surface area contributed by atoms with Crippen LogP contribution in [0.5, 0.6) is 0 Å². The molecule has 11 heteroatoms. The van der Waals surface area contributed by atoms with Crippen LogP contribution >= 0.6 is 11.8 Å². The lowest BCUT2D eigenvalue weighted by Crippen LogP contribution is -2.34. The van der Waals surface area contributed by atoms with Crippen LogP contribution < -0.4 is 10.6 Å². The second-order valence-electron chi connectivity index (χ2n) is 8.72. The molecule has 3 aromatic rings. The van der Waals surface area contributed by atoms with Crippen LogP contribution in [0.4, 0.5) is 18.9 Å². The van der Waals surface area contributed by atoms with Crippen molar-refractivity contribution in [3.05, 3.63) is 83.7 Å². The van der Waals surface area contributed by atoms with Gasteiger partial charge in [-0.2, -0.15) is 13.2 Å². The molecule has 0 bridgehead atoms. The molecule has 0 radical (unpaired) electrons. The fourth-order valence-corrected chi connectivity index (χ4v) is 4.33. The van der Waals surface area contributed by atoms with Crippen molar-refractivity contribution >= 4 is 29.3 Å². The van der Waals surface area contributed by atoms with Crippen molar-refractivity contribution in [3.63, 3.8) is 0 Å². The minimum atomic E-state index is -4.51. The van der Waals surface area contributed by atoms with E-state index in [1.54, 1.807) is 22.8 Å². The van der Waals surface area contributed by atoms with E-state index in [-0.39, 0.29) is 23.3 Å². The number of amides is 2. The third-order valence-corrected chi connectivity index (χ3v) is 6.34. The number of nitrogens with one attached hydrogen (secondary N) is 2. The Balaban J connectivity index is 1.74. The summed E-state index contributed by atoms with van der Waals surface area (Å²) in [5, 5.41) is 14.4. The Morgan fingerprint density at radius 1 is 1.14 bits per heavy atom. The summed E-state index contributed by atoms with van der Waals surface area (Å²) in [5.74, 6) is -0.356. The maximum atomic E-state index is 12.9. The number of carbonyl (C=O) groups is 2. The molecule has 196 valence electrons. The number of rotatable bonds is 10. The topological polar surface area (TPSA) is 88.9 Å². The number of benzene rings is 2. The van der Waals surface area contributed by atoms with Gasteiger partial charge in [-0.15, -0.1) is 16.8 Å². The fourth-order valence-electron chi connectivity index (χ4n) is 3.58. The number of allylic oxidation sites excluding steroid dienone is 1. The Kier molecular flexibility index (Phi) is 9.14. The van der Waals surface area contributed by atoms with E-state index < -0.39 is 23.7 Å². The summed E-state index contributed by atoms with van der Waals surface area (Å²) in [4.78, 5) is 25.4. The number of aromatic nitrogens is 3. The first-order valence-corrected chi connectivity index (χ1v) is 12.5. The first-order chi connectivity index (χ1) is 17.5. The standard InChI is InChI=1S/C26H28F3N5O2S/c1-5-12-34-23(22(16(2)3)31-24(36)18-9-6-8-17(4)13-18)32-33-25(34)37-15-21(35)30-20-11-7-10-19(14-20)26(27,28)29/h5-11,13-14,16,22H,1,12,15H2,2-4H3,(H,30,35)(H,31,36)/t22-/m0/s1. The zero-order chi connectivity index (χ0) is 27.2. The highest BCUT2D eigenvalue weighted by atomic mass is 32.2. The number of nitrogens with zero attached hydrogens (tertiary/aromatic N) is 3. The van der Waals surface area contributed by atoms with Gasteiger partial charge >= 0.3 is 6.18 Å². The van der Waals surface area contributed by atoms with Gasteiger partial charge in [-0.25, -0.2) is 0 Å². The molecule has 3 rings (SSSR count). The number of anilines is 1. The Morgan fingerprint density at radius 2 is 1.86 bits per heavy atom. The van der Waals surface area contributed by atoms with Gasteiger partial charge < -0.3 is 15.2 Å². The number of hydrogen-bond acceptors (Lipinski definition) is 5. The van der Waals surface area contributed by atoms with E-state index in [4.69, 9.17) is 0 Å². The molecule has 0 saturated heterocycles. The SMILES string of the molecule is C=CCn1c(SCC(=O)Nc2cccc(C(F)(F)F)c2)nnc1[C@@H](NC(=O)c1cccc(C)c1)C(C)C. The molecule has 2 amide bonds. The minimum absolute atomic E-state index is 0.0245. The Hall–Kier alpha value is -3.60. The highest BCUT2D eigenvalue weighted by molar-refractivity contribution is 7.99. The van der Waals surface area contributed by atoms with E-state index in [0.29, 0.717) is 23.1 Å². The van der Waals surface area contributed by atoms with Crippen LogP contribution in [-0.2, 0) is 17.5 Å². The average Bonchev–Trinajstić information content (AvgIpc) is 3.22. The summed E-state index contributed by atoms with van der Waals surface area (Å²) < 4.78 is 40.6. The molecule has 0 spiro atoms. The molecule has 1 aromatic heterocycles. The number of alkyl halides is 3. The van der Waals surface area contributed by atoms with Gasteiger partial charge in [-0.1, -0.05) is 55.4 Å². The first-order valence-electron chi connectivity index (χ1n) is 11.5. The van der Waals surface area contributed by atoms with Gasteiger partial charge in [0, 0.05) is 17.8 Å².